The van der Waals surface area contributed by atoms with Crippen molar-refractivity contribution in [3.63, 3.8) is 0 Å². The predicted octanol–water partition coefficient (Wildman–Crippen LogP) is 4.83. The lowest BCUT2D eigenvalue weighted by Gasteiger charge is -2.30. The molecule has 1 saturated carbocycles. The molecule has 2 rings (SSSR count). The van der Waals surface area contributed by atoms with Crippen LogP contribution in [0, 0.1) is 17.3 Å². The van der Waals surface area contributed by atoms with E-state index < -0.39 is 0 Å². The molecule has 0 aromatic heterocycles. The van der Waals surface area contributed by atoms with E-state index in [0.29, 0.717) is 5.41 Å². The van der Waals surface area contributed by atoms with Crippen molar-refractivity contribution < 1.29 is 0 Å². The van der Waals surface area contributed by atoms with Gasteiger partial charge >= 0.3 is 0 Å². The van der Waals surface area contributed by atoms with Crippen LogP contribution >= 0.6 is 11.8 Å². The monoisotopic (exact) mass is 291 g/mol. The van der Waals surface area contributed by atoms with Crippen molar-refractivity contribution in [1.29, 1.82) is 0 Å². The molecule has 1 fully saturated rings. The minimum Gasteiger partial charge on any atom is -0.316 e. The summed E-state index contributed by atoms with van der Waals surface area (Å²) < 4.78 is 0. The van der Waals surface area contributed by atoms with Gasteiger partial charge in [-0.15, -0.1) is 11.8 Å². The maximum absolute atomic E-state index is 3.69. The molecule has 0 radical (unpaired) electrons. The maximum Gasteiger partial charge on any atom is 0.00719 e. The molecule has 1 aromatic carbocycles. The fourth-order valence-electron chi connectivity index (χ4n) is 2.78. The van der Waals surface area contributed by atoms with E-state index in [1.807, 2.05) is 11.8 Å². The van der Waals surface area contributed by atoms with Crippen molar-refractivity contribution in [1.82, 2.24) is 5.32 Å². The lowest BCUT2D eigenvalue weighted by atomic mass is 9.82. The summed E-state index contributed by atoms with van der Waals surface area (Å²) >= 11 is 2.00. The van der Waals surface area contributed by atoms with E-state index >= 15 is 0 Å². The Labute approximate surface area is 128 Å². The van der Waals surface area contributed by atoms with Gasteiger partial charge in [-0.3, -0.25) is 0 Å². The number of benzene rings is 1. The minimum absolute atomic E-state index is 0.497. The molecule has 2 heteroatoms. The highest BCUT2D eigenvalue weighted by atomic mass is 32.2. The first-order chi connectivity index (χ1) is 9.60. The highest BCUT2D eigenvalue weighted by molar-refractivity contribution is 7.99. The van der Waals surface area contributed by atoms with Crippen LogP contribution in [0.15, 0.2) is 35.2 Å². The van der Waals surface area contributed by atoms with Gasteiger partial charge in [-0.1, -0.05) is 39.0 Å². The van der Waals surface area contributed by atoms with Crippen LogP contribution in [0.4, 0.5) is 0 Å². The van der Waals surface area contributed by atoms with Gasteiger partial charge < -0.3 is 5.32 Å². The average molecular weight is 292 g/mol. The van der Waals surface area contributed by atoms with Gasteiger partial charge in [0.05, 0.1) is 0 Å². The van der Waals surface area contributed by atoms with Crippen molar-refractivity contribution in [3.05, 3.63) is 30.3 Å². The van der Waals surface area contributed by atoms with Gasteiger partial charge in [-0.25, -0.2) is 0 Å². The molecular formula is C18H29NS. The summed E-state index contributed by atoms with van der Waals surface area (Å²) in [6.45, 7) is 9.39. The summed E-state index contributed by atoms with van der Waals surface area (Å²) in [5.74, 6) is 2.94. The maximum atomic E-state index is 3.69. The second-order valence-electron chi connectivity index (χ2n) is 6.86. The van der Waals surface area contributed by atoms with E-state index in [1.54, 1.807) is 0 Å². The largest absolute Gasteiger partial charge is 0.316 e. The smallest absolute Gasteiger partial charge is 0.00719 e. The van der Waals surface area contributed by atoms with Crippen LogP contribution in [-0.4, -0.2) is 18.8 Å². The van der Waals surface area contributed by atoms with Gasteiger partial charge in [0.15, 0.2) is 0 Å². The van der Waals surface area contributed by atoms with Crippen LogP contribution in [-0.2, 0) is 0 Å². The fraction of sp³-hybridized carbons (Fsp3) is 0.667. The van der Waals surface area contributed by atoms with Crippen molar-refractivity contribution in [2.75, 3.05) is 18.8 Å². The predicted molar refractivity (Wildman–Crippen MR) is 90.3 cm³/mol. The van der Waals surface area contributed by atoms with Crippen molar-refractivity contribution in [2.24, 2.45) is 17.3 Å². The molecule has 20 heavy (non-hydrogen) atoms. The van der Waals surface area contributed by atoms with E-state index in [-0.39, 0.29) is 0 Å². The lowest BCUT2D eigenvalue weighted by molar-refractivity contribution is 0.246. The molecule has 1 unspecified atom stereocenters. The lowest BCUT2D eigenvalue weighted by Crippen LogP contribution is -2.36. The van der Waals surface area contributed by atoms with Crippen LogP contribution in [0.1, 0.15) is 40.0 Å². The number of nitrogens with one attached hydrogen (secondary N) is 1. The van der Waals surface area contributed by atoms with E-state index in [9.17, 15) is 0 Å². The highest BCUT2D eigenvalue weighted by Crippen LogP contribution is 2.48. The van der Waals surface area contributed by atoms with Gasteiger partial charge in [0.25, 0.3) is 0 Å². The third kappa shape index (κ3) is 5.14. The summed E-state index contributed by atoms with van der Waals surface area (Å²) in [7, 11) is 0. The second kappa shape index (κ2) is 7.51. The molecule has 1 aliphatic rings. The van der Waals surface area contributed by atoms with Gasteiger partial charge in [0.2, 0.25) is 0 Å². The van der Waals surface area contributed by atoms with Gasteiger partial charge in [-0.2, -0.15) is 0 Å². The first kappa shape index (κ1) is 15.9. The van der Waals surface area contributed by atoms with Crippen LogP contribution < -0.4 is 5.32 Å². The van der Waals surface area contributed by atoms with E-state index in [4.69, 9.17) is 0 Å². The van der Waals surface area contributed by atoms with Crippen LogP contribution in [0.2, 0.25) is 0 Å². The zero-order valence-corrected chi connectivity index (χ0v) is 14.0. The SMILES string of the molecule is CC(C)CNCC(C)(CCSc1ccccc1)C1CC1. The van der Waals surface area contributed by atoms with Gasteiger partial charge in [0.1, 0.15) is 0 Å². The van der Waals surface area contributed by atoms with Gasteiger partial charge in [-0.05, 0) is 60.9 Å². The molecule has 0 saturated heterocycles. The number of thioether (sulfide) groups is 1. The Morgan fingerprint density at radius 2 is 1.95 bits per heavy atom. The Morgan fingerprint density at radius 1 is 1.25 bits per heavy atom. The topological polar surface area (TPSA) is 12.0 Å². The van der Waals surface area contributed by atoms with E-state index in [0.717, 1.165) is 18.4 Å². The summed E-state index contributed by atoms with van der Waals surface area (Å²) in [5.41, 5.74) is 0.497. The molecule has 0 aliphatic heterocycles. The zero-order chi connectivity index (χ0) is 14.4. The van der Waals surface area contributed by atoms with Crippen LogP contribution in [0.3, 0.4) is 0 Å². The third-order valence-electron chi connectivity index (χ3n) is 4.33. The Kier molecular flexibility index (Phi) is 5.98. The Morgan fingerprint density at radius 3 is 2.55 bits per heavy atom. The van der Waals surface area contributed by atoms with Crippen molar-refractivity contribution >= 4 is 11.8 Å². The molecule has 1 atom stereocenters. The number of rotatable bonds is 9. The third-order valence-corrected chi connectivity index (χ3v) is 5.34. The molecule has 0 amide bonds. The second-order valence-corrected chi connectivity index (χ2v) is 8.03. The Bertz CT molecular complexity index is 386. The Balaban J connectivity index is 1.76. The summed E-state index contributed by atoms with van der Waals surface area (Å²) in [5, 5.41) is 3.69. The molecule has 112 valence electrons. The zero-order valence-electron chi connectivity index (χ0n) is 13.2. The molecule has 0 spiro atoms. The number of hydrogen-bond donors (Lipinski definition) is 1. The number of hydrogen-bond acceptors (Lipinski definition) is 2. The summed E-state index contributed by atoms with van der Waals surface area (Å²) in [6, 6.07) is 10.8. The highest BCUT2D eigenvalue weighted by Gasteiger charge is 2.40. The summed E-state index contributed by atoms with van der Waals surface area (Å²) in [4.78, 5) is 1.40. The average Bonchev–Trinajstić information content (AvgIpc) is 3.24. The molecule has 0 bridgehead atoms. The van der Waals surface area contributed by atoms with E-state index in [1.165, 1.54) is 36.5 Å². The Hall–Kier alpha value is -0.470. The van der Waals surface area contributed by atoms with Crippen molar-refractivity contribution in [2.45, 2.75) is 44.9 Å². The summed E-state index contributed by atoms with van der Waals surface area (Å²) in [6.07, 6.45) is 4.20. The first-order valence-corrected chi connectivity index (χ1v) is 8.97. The van der Waals surface area contributed by atoms with Crippen molar-refractivity contribution in [3.8, 4) is 0 Å². The molecule has 1 N–H and O–H groups in total. The standard InChI is InChI=1S/C18H29NS/c1-15(2)13-19-14-18(3,16-9-10-16)11-12-20-17-7-5-4-6-8-17/h4-8,15-16,19H,9-14H2,1-3H3. The molecule has 1 nitrogen and oxygen atoms in total. The fourth-order valence-corrected chi connectivity index (χ4v) is 3.94. The normalized spacial score (nSPS) is 18.2. The van der Waals surface area contributed by atoms with Crippen LogP contribution in [0.25, 0.3) is 0 Å². The minimum atomic E-state index is 0.497. The van der Waals surface area contributed by atoms with Gasteiger partial charge in [0, 0.05) is 11.4 Å². The molecule has 1 aliphatic carbocycles. The molecular weight excluding hydrogens is 262 g/mol. The first-order valence-electron chi connectivity index (χ1n) is 7.99. The quantitative estimate of drug-likeness (QED) is 0.654. The van der Waals surface area contributed by atoms with Crippen LogP contribution in [0.5, 0.6) is 0 Å². The molecule has 1 aromatic rings. The van der Waals surface area contributed by atoms with E-state index in [2.05, 4.69) is 56.4 Å². The molecule has 0 heterocycles.